The molecule has 2 N–H and O–H groups in total. The van der Waals surface area contributed by atoms with Gasteiger partial charge in [0.05, 0.1) is 5.60 Å². The Bertz CT molecular complexity index is 130. The van der Waals surface area contributed by atoms with Gasteiger partial charge in [0.1, 0.15) is 0 Å². The summed E-state index contributed by atoms with van der Waals surface area (Å²) >= 11 is 0. The highest BCUT2D eigenvalue weighted by molar-refractivity contribution is 4.86. The standard InChI is InChI=1S/C12H27NO/c1-6-11(5,7-2)13-10-12(14,8-3)9-4/h13-14H,6-10H2,1-5H3. The molecule has 0 spiro atoms. The minimum Gasteiger partial charge on any atom is -0.389 e. The number of β-amino-alcohol motifs (C(OH)–C–C–N with tert-alkyl or cyclic N) is 1. The molecule has 0 unspecified atom stereocenters. The lowest BCUT2D eigenvalue weighted by atomic mass is 9.92. The zero-order valence-electron chi connectivity index (χ0n) is 10.5. The normalized spacial score (nSPS) is 13.3. The lowest BCUT2D eigenvalue weighted by Crippen LogP contribution is -2.49. The fourth-order valence-electron chi connectivity index (χ4n) is 1.38. The van der Waals surface area contributed by atoms with Gasteiger partial charge in [-0.1, -0.05) is 27.7 Å². The van der Waals surface area contributed by atoms with E-state index < -0.39 is 5.60 Å². The first-order valence-corrected chi connectivity index (χ1v) is 5.92. The molecule has 0 aromatic heterocycles. The van der Waals surface area contributed by atoms with Crippen molar-refractivity contribution in [1.29, 1.82) is 0 Å². The molecule has 86 valence electrons. The molecule has 0 aromatic carbocycles. The Labute approximate surface area is 89.1 Å². The van der Waals surface area contributed by atoms with Crippen LogP contribution in [-0.4, -0.2) is 22.8 Å². The van der Waals surface area contributed by atoms with E-state index in [4.69, 9.17) is 0 Å². The summed E-state index contributed by atoms with van der Waals surface area (Å²) in [5.74, 6) is 0. The quantitative estimate of drug-likeness (QED) is 0.664. The second kappa shape index (κ2) is 5.72. The van der Waals surface area contributed by atoms with E-state index in [0.29, 0.717) is 6.54 Å². The summed E-state index contributed by atoms with van der Waals surface area (Å²) in [5, 5.41) is 13.6. The molecule has 0 heterocycles. The molecule has 2 nitrogen and oxygen atoms in total. The zero-order chi connectivity index (χ0) is 11.2. The van der Waals surface area contributed by atoms with E-state index in [9.17, 15) is 5.11 Å². The molecule has 0 radical (unpaired) electrons. The molecule has 14 heavy (non-hydrogen) atoms. The van der Waals surface area contributed by atoms with Gasteiger partial charge in [0.25, 0.3) is 0 Å². The van der Waals surface area contributed by atoms with Crippen LogP contribution < -0.4 is 5.32 Å². The van der Waals surface area contributed by atoms with E-state index in [1.54, 1.807) is 0 Å². The van der Waals surface area contributed by atoms with E-state index in [1.165, 1.54) is 0 Å². The molecule has 0 amide bonds. The third-order valence-corrected chi connectivity index (χ3v) is 3.72. The first kappa shape index (κ1) is 13.9. The van der Waals surface area contributed by atoms with Crippen molar-refractivity contribution in [3.05, 3.63) is 0 Å². The van der Waals surface area contributed by atoms with Gasteiger partial charge < -0.3 is 10.4 Å². The smallest absolute Gasteiger partial charge is 0.0766 e. The predicted molar refractivity (Wildman–Crippen MR) is 62.5 cm³/mol. The van der Waals surface area contributed by atoms with Crippen LogP contribution >= 0.6 is 0 Å². The van der Waals surface area contributed by atoms with Crippen LogP contribution in [0.4, 0.5) is 0 Å². The lowest BCUT2D eigenvalue weighted by molar-refractivity contribution is 0.0243. The van der Waals surface area contributed by atoms with Gasteiger partial charge in [0, 0.05) is 12.1 Å². The molecule has 0 aliphatic heterocycles. The SMILES string of the molecule is CCC(O)(CC)CNC(C)(CC)CC. The van der Waals surface area contributed by atoms with Crippen molar-refractivity contribution in [3.63, 3.8) is 0 Å². The average molecular weight is 201 g/mol. The Balaban J connectivity index is 4.14. The molecule has 0 atom stereocenters. The molecule has 0 aliphatic carbocycles. The second-order valence-corrected chi connectivity index (χ2v) is 4.55. The van der Waals surface area contributed by atoms with Crippen LogP contribution in [0.25, 0.3) is 0 Å². The zero-order valence-corrected chi connectivity index (χ0v) is 10.5. The monoisotopic (exact) mass is 201 g/mol. The predicted octanol–water partition coefficient (Wildman–Crippen LogP) is 2.71. The van der Waals surface area contributed by atoms with Gasteiger partial charge in [-0.15, -0.1) is 0 Å². The van der Waals surface area contributed by atoms with Crippen LogP contribution in [0.2, 0.25) is 0 Å². The maximum Gasteiger partial charge on any atom is 0.0766 e. The molecule has 0 bridgehead atoms. The Hall–Kier alpha value is -0.0800. The molecule has 0 aliphatic rings. The number of aliphatic hydroxyl groups is 1. The van der Waals surface area contributed by atoms with Crippen LogP contribution in [0.5, 0.6) is 0 Å². The fourth-order valence-corrected chi connectivity index (χ4v) is 1.38. The summed E-state index contributed by atoms with van der Waals surface area (Å²) in [6, 6.07) is 0. The number of hydrogen-bond acceptors (Lipinski definition) is 2. The summed E-state index contributed by atoms with van der Waals surface area (Å²) in [6.45, 7) is 11.4. The van der Waals surface area contributed by atoms with Crippen LogP contribution in [-0.2, 0) is 0 Å². The number of nitrogens with one attached hydrogen (secondary N) is 1. The number of rotatable bonds is 7. The van der Waals surface area contributed by atoms with Gasteiger partial charge in [-0.2, -0.15) is 0 Å². The molecule has 0 rings (SSSR count). The summed E-state index contributed by atoms with van der Waals surface area (Å²) in [7, 11) is 0. The number of hydrogen-bond donors (Lipinski definition) is 2. The minimum absolute atomic E-state index is 0.179. The molecular formula is C12H27NO. The van der Waals surface area contributed by atoms with E-state index in [1.807, 2.05) is 13.8 Å². The molecular weight excluding hydrogens is 174 g/mol. The lowest BCUT2D eigenvalue weighted by Gasteiger charge is -2.34. The van der Waals surface area contributed by atoms with E-state index in [0.717, 1.165) is 25.7 Å². The highest BCUT2D eigenvalue weighted by atomic mass is 16.3. The van der Waals surface area contributed by atoms with Crippen molar-refractivity contribution in [3.8, 4) is 0 Å². The highest BCUT2D eigenvalue weighted by Gasteiger charge is 2.26. The summed E-state index contributed by atoms with van der Waals surface area (Å²) < 4.78 is 0. The van der Waals surface area contributed by atoms with E-state index in [-0.39, 0.29) is 5.54 Å². The Kier molecular flexibility index (Phi) is 5.68. The van der Waals surface area contributed by atoms with Crippen LogP contribution in [0.15, 0.2) is 0 Å². The van der Waals surface area contributed by atoms with Gasteiger partial charge in [-0.25, -0.2) is 0 Å². The Morgan fingerprint density at radius 2 is 1.36 bits per heavy atom. The maximum atomic E-state index is 10.1. The minimum atomic E-state index is -0.522. The molecule has 0 fully saturated rings. The third kappa shape index (κ3) is 3.97. The maximum absolute atomic E-state index is 10.1. The van der Waals surface area contributed by atoms with Gasteiger partial charge in [0.15, 0.2) is 0 Å². The molecule has 0 saturated carbocycles. The van der Waals surface area contributed by atoms with Gasteiger partial charge in [-0.05, 0) is 32.6 Å². The third-order valence-electron chi connectivity index (χ3n) is 3.72. The molecule has 0 aromatic rings. The second-order valence-electron chi connectivity index (χ2n) is 4.55. The van der Waals surface area contributed by atoms with Crippen molar-refractivity contribution in [2.75, 3.05) is 6.54 Å². The van der Waals surface area contributed by atoms with Crippen molar-refractivity contribution < 1.29 is 5.11 Å². The summed E-state index contributed by atoms with van der Waals surface area (Å²) in [4.78, 5) is 0. The first-order valence-electron chi connectivity index (χ1n) is 5.92. The van der Waals surface area contributed by atoms with Crippen molar-refractivity contribution in [2.24, 2.45) is 0 Å². The summed E-state index contributed by atoms with van der Waals surface area (Å²) in [6.07, 6.45) is 3.85. The Morgan fingerprint density at radius 3 is 1.64 bits per heavy atom. The Morgan fingerprint density at radius 1 is 0.929 bits per heavy atom. The first-order chi connectivity index (χ1) is 6.45. The topological polar surface area (TPSA) is 32.3 Å². The van der Waals surface area contributed by atoms with Crippen molar-refractivity contribution in [1.82, 2.24) is 5.32 Å². The van der Waals surface area contributed by atoms with Crippen LogP contribution in [0.3, 0.4) is 0 Å². The largest absolute Gasteiger partial charge is 0.389 e. The van der Waals surface area contributed by atoms with Gasteiger partial charge >= 0.3 is 0 Å². The molecule has 2 heteroatoms. The highest BCUT2D eigenvalue weighted by Crippen LogP contribution is 2.18. The van der Waals surface area contributed by atoms with E-state index >= 15 is 0 Å². The van der Waals surface area contributed by atoms with Crippen LogP contribution in [0, 0.1) is 0 Å². The van der Waals surface area contributed by atoms with Crippen molar-refractivity contribution in [2.45, 2.75) is 71.4 Å². The fraction of sp³-hybridized carbons (Fsp3) is 1.00. The van der Waals surface area contributed by atoms with Crippen LogP contribution in [0.1, 0.15) is 60.3 Å². The van der Waals surface area contributed by atoms with Gasteiger partial charge in [0.2, 0.25) is 0 Å². The average Bonchev–Trinajstić information content (AvgIpc) is 2.25. The van der Waals surface area contributed by atoms with Gasteiger partial charge in [-0.3, -0.25) is 0 Å². The molecule has 0 saturated heterocycles. The van der Waals surface area contributed by atoms with Crippen molar-refractivity contribution >= 4 is 0 Å². The summed E-state index contributed by atoms with van der Waals surface area (Å²) in [5.41, 5.74) is -0.343. The van der Waals surface area contributed by atoms with E-state index in [2.05, 4.69) is 26.1 Å².